The molecule has 1 aromatic carbocycles. The molecular formula is C11H14N2O6S. The third kappa shape index (κ3) is 4.43. The van der Waals surface area contributed by atoms with Crippen molar-refractivity contribution in [2.45, 2.75) is 12.2 Å². The number of rotatable bonds is 7. The predicted molar refractivity (Wildman–Crippen MR) is 70.8 cm³/mol. The topological polar surface area (TPSA) is 136 Å². The minimum atomic E-state index is -4.06. The summed E-state index contributed by atoms with van der Waals surface area (Å²) in [5.74, 6) is -1.90. The number of hydrogen-bond acceptors (Lipinski definition) is 5. The minimum absolute atomic E-state index is 0.125. The molecule has 0 fully saturated rings. The van der Waals surface area contributed by atoms with Crippen molar-refractivity contribution in [2.75, 3.05) is 11.3 Å². The fourth-order valence-electron chi connectivity index (χ4n) is 1.19. The third-order valence-corrected chi connectivity index (χ3v) is 3.94. The maximum Gasteiger partial charge on any atom is 0.323 e. The van der Waals surface area contributed by atoms with E-state index >= 15 is 0 Å². The minimum Gasteiger partial charge on any atom is -0.484 e. The maximum absolute atomic E-state index is 11.7. The molecule has 0 heterocycles. The number of carboxylic acid groups (broad SMARTS) is 1. The van der Waals surface area contributed by atoms with Crippen LogP contribution in [0.25, 0.3) is 0 Å². The van der Waals surface area contributed by atoms with E-state index in [4.69, 9.17) is 15.6 Å². The van der Waals surface area contributed by atoms with Crippen LogP contribution in [0.2, 0.25) is 0 Å². The van der Waals surface area contributed by atoms with Crippen LogP contribution in [0, 0.1) is 0 Å². The van der Waals surface area contributed by atoms with Gasteiger partial charge in [0.2, 0.25) is 10.0 Å². The van der Waals surface area contributed by atoms with Crippen LogP contribution < -0.4 is 15.2 Å². The lowest BCUT2D eigenvalue weighted by Gasteiger charge is -2.12. The van der Waals surface area contributed by atoms with Gasteiger partial charge < -0.3 is 15.6 Å². The Morgan fingerprint density at radius 1 is 1.45 bits per heavy atom. The molecule has 1 rings (SSSR count). The molecule has 0 saturated heterocycles. The number of hydrogen-bond donors (Lipinski definition) is 3. The van der Waals surface area contributed by atoms with Gasteiger partial charge in [0.15, 0.2) is 11.9 Å². The average molecular weight is 302 g/mol. The van der Waals surface area contributed by atoms with Crippen LogP contribution in [0.1, 0.15) is 6.92 Å². The Balaban J connectivity index is 2.85. The quantitative estimate of drug-likeness (QED) is 0.636. The molecule has 9 heteroatoms. The number of nitrogens with two attached hydrogens (primary N) is 1. The zero-order valence-corrected chi connectivity index (χ0v) is 11.4. The molecule has 1 atom stereocenters. The van der Waals surface area contributed by atoms with Crippen LogP contribution in [0.3, 0.4) is 0 Å². The number of aliphatic carboxylic acids is 1. The lowest BCUT2D eigenvalue weighted by Crippen LogP contribution is -2.32. The number of anilines is 1. The summed E-state index contributed by atoms with van der Waals surface area (Å²) in [7, 11) is -4.06. The van der Waals surface area contributed by atoms with E-state index in [0.29, 0.717) is 0 Å². The SMILES string of the molecule is CC(C(=O)O)S(=O)(=O)Nc1cccc(OCC(N)=O)c1. The maximum atomic E-state index is 11.7. The first-order valence-electron chi connectivity index (χ1n) is 5.48. The van der Waals surface area contributed by atoms with E-state index in [1.807, 2.05) is 0 Å². The first-order chi connectivity index (χ1) is 9.22. The fraction of sp³-hybridized carbons (Fsp3) is 0.273. The second-order valence-electron chi connectivity index (χ2n) is 3.91. The van der Waals surface area contributed by atoms with Gasteiger partial charge in [-0.25, -0.2) is 8.42 Å². The van der Waals surface area contributed by atoms with E-state index < -0.39 is 27.1 Å². The van der Waals surface area contributed by atoms with Gasteiger partial charge >= 0.3 is 5.97 Å². The highest BCUT2D eigenvalue weighted by Gasteiger charge is 2.27. The first-order valence-corrected chi connectivity index (χ1v) is 7.02. The van der Waals surface area contributed by atoms with E-state index in [9.17, 15) is 18.0 Å². The number of amides is 1. The predicted octanol–water partition coefficient (Wildman–Crippen LogP) is -0.235. The van der Waals surface area contributed by atoms with Crippen molar-refractivity contribution in [3.63, 3.8) is 0 Å². The molecule has 1 aromatic rings. The average Bonchev–Trinajstić information content (AvgIpc) is 2.35. The van der Waals surface area contributed by atoms with Gasteiger partial charge in [-0.3, -0.25) is 14.3 Å². The highest BCUT2D eigenvalue weighted by Crippen LogP contribution is 2.19. The summed E-state index contributed by atoms with van der Waals surface area (Å²) in [6, 6.07) is 5.72. The van der Waals surface area contributed by atoms with E-state index in [2.05, 4.69) is 4.72 Å². The summed E-state index contributed by atoms with van der Waals surface area (Å²) in [4.78, 5) is 21.3. The van der Waals surface area contributed by atoms with Gasteiger partial charge in [0.1, 0.15) is 5.75 Å². The number of carboxylic acids is 1. The molecule has 0 saturated carbocycles. The second kappa shape index (κ2) is 6.24. The molecule has 110 valence electrons. The van der Waals surface area contributed by atoms with Crippen LogP contribution in [0.5, 0.6) is 5.75 Å². The Hall–Kier alpha value is -2.29. The number of carbonyl (C=O) groups excluding carboxylic acids is 1. The summed E-state index contributed by atoms with van der Waals surface area (Å²) < 4.78 is 30.6. The molecule has 0 bridgehead atoms. The molecule has 0 aliphatic heterocycles. The van der Waals surface area contributed by atoms with Crippen LogP contribution >= 0.6 is 0 Å². The van der Waals surface area contributed by atoms with Gasteiger partial charge in [-0.05, 0) is 19.1 Å². The van der Waals surface area contributed by atoms with Crippen molar-refractivity contribution >= 4 is 27.6 Å². The Labute approximate surface area is 115 Å². The Bertz CT molecular complexity index is 613. The molecule has 0 spiro atoms. The number of primary amides is 1. The normalized spacial score (nSPS) is 12.4. The van der Waals surface area contributed by atoms with Crippen LogP contribution in [0.15, 0.2) is 24.3 Å². The van der Waals surface area contributed by atoms with E-state index in [-0.39, 0.29) is 18.0 Å². The van der Waals surface area contributed by atoms with Crippen molar-refractivity contribution in [2.24, 2.45) is 5.73 Å². The van der Waals surface area contributed by atoms with Gasteiger partial charge in [-0.1, -0.05) is 6.07 Å². The smallest absolute Gasteiger partial charge is 0.323 e. The number of nitrogens with one attached hydrogen (secondary N) is 1. The van der Waals surface area contributed by atoms with Gasteiger partial charge in [-0.15, -0.1) is 0 Å². The van der Waals surface area contributed by atoms with Gasteiger partial charge in [0.05, 0.1) is 5.69 Å². The summed E-state index contributed by atoms with van der Waals surface area (Å²) in [5.41, 5.74) is 5.04. The monoisotopic (exact) mass is 302 g/mol. The zero-order valence-electron chi connectivity index (χ0n) is 10.6. The van der Waals surface area contributed by atoms with E-state index in [0.717, 1.165) is 6.92 Å². The van der Waals surface area contributed by atoms with E-state index in [1.54, 1.807) is 0 Å². The van der Waals surface area contributed by atoms with Crippen molar-refractivity contribution in [1.29, 1.82) is 0 Å². The molecule has 4 N–H and O–H groups in total. The third-order valence-electron chi connectivity index (χ3n) is 2.29. The summed E-state index contributed by atoms with van der Waals surface area (Å²) in [6.07, 6.45) is 0. The number of sulfonamides is 1. The van der Waals surface area contributed by atoms with Crippen molar-refractivity contribution in [3.8, 4) is 5.75 Å². The molecule has 1 amide bonds. The Morgan fingerprint density at radius 3 is 2.65 bits per heavy atom. The summed E-state index contributed by atoms with van der Waals surface area (Å²) in [5, 5.41) is 7.10. The largest absolute Gasteiger partial charge is 0.484 e. The molecular weight excluding hydrogens is 288 g/mol. The molecule has 0 radical (unpaired) electrons. The lowest BCUT2D eigenvalue weighted by molar-refractivity contribution is -0.136. The lowest BCUT2D eigenvalue weighted by atomic mass is 10.3. The zero-order chi connectivity index (χ0) is 15.3. The molecule has 20 heavy (non-hydrogen) atoms. The fourth-order valence-corrected chi connectivity index (χ4v) is 2.09. The molecule has 1 unspecified atom stereocenters. The van der Waals surface area contributed by atoms with E-state index in [1.165, 1.54) is 24.3 Å². The Kier molecular flexibility index (Phi) is 4.92. The highest BCUT2D eigenvalue weighted by molar-refractivity contribution is 7.94. The number of benzene rings is 1. The standard InChI is InChI=1S/C11H14N2O6S/c1-7(11(15)16)20(17,18)13-8-3-2-4-9(5-8)19-6-10(12)14/h2-5,7,13H,6H2,1H3,(H2,12,14)(H,15,16). The van der Waals surface area contributed by atoms with Gasteiger partial charge in [0.25, 0.3) is 5.91 Å². The van der Waals surface area contributed by atoms with Crippen molar-refractivity contribution < 1.29 is 27.9 Å². The highest BCUT2D eigenvalue weighted by atomic mass is 32.2. The molecule has 0 aromatic heterocycles. The van der Waals surface area contributed by atoms with Crippen molar-refractivity contribution in [1.82, 2.24) is 0 Å². The molecule has 0 aliphatic rings. The van der Waals surface area contributed by atoms with Gasteiger partial charge in [0, 0.05) is 6.07 Å². The second-order valence-corrected chi connectivity index (χ2v) is 5.91. The molecule has 8 nitrogen and oxygen atoms in total. The first kappa shape index (κ1) is 15.8. The number of ether oxygens (including phenoxy) is 1. The van der Waals surface area contributed by atoms with Crippen LogP contribution in [0.4, 0.5) is 5.69 Å². The van der Waals surface area contributed by atoms with Crippen molar-refractivity contribution in [3.05, 3.63) is 24.3 Å². The van der Waals surface area contributed by atoms with Crippen LogP contribution in [-0.4, -0.2) is 37.3 Å². The van der Waals surface area contributed by atoms with Crippen LogP contribution in [-0.2, 0) is 19.6 Å². The van der Waals surface area contributed by atoms with Gasteiger partial charge in [-0.2, -0.15) is 0 Å². The summed E-state index contributed by atoms with van der Waals surface area (Å²) >= 11 is 0. The summed E-state index contributed by atoms with van der Waals surface area (Å²) in [6.45, 7) is 0.708. The Morgan fingerprint density at radius 2 is 2.10 bits per heavy atom. The molecule has 0 aliphatic carbocycles. The number of carbonyl (C=O) groups is 2.